The predicted octanol–water partition coefficient (Wildman–Crippen LogP) is 0.879. The van der Waals surface area contributed by atoms with E-state index in [2.05, 4.69) is 12.2 Å². The molecule has 2 aliphatic rings. The average Bonchev–Trinajstić information content (AvgIpc) is 2.45. The fourth-order valence-corrected chi connectivity index (χ4v) is 3.38. The lowest BCUT2D eigenvalue weighted by molar-refractivity contribution is -0.135. The number of piperidine rings is 1. The monoisotopic (exact) mass is 281 g/mol. The van der Waals surface area contributed by atoms with Crippen LogP contribution in [0.25, 0.3) is 0 Å². The number of hydrogen-bond donors (Lipinski definition) is 2. The summed E-state index contributed by atoms with van der Waals surface area (Å²) in [5, 5.41) is 2.82. The molecule has 5 nitrogen and oxygen atoms in total. The Hall–Kier alpha value is -1.10. The maximum Gasteiger partial charge on any atom is 0.241 e. The van der Waals surface area contributed by atoms with Gasteiger partial charge in [0.05, 0.1) is 6.54 Å². The Labute approximate surface area is 121 Å². The first kappa shape index (κ1) is 15.3. The fourth-order valence-electron chi connectivity index (χ4n) is 3.38. The van der Waals surface area contributed by atoms with E-state index < -0.39 is 0 Å². The van der Waals surface area contributed by atoms with E-state index in [1.165, 1.54) is 6.42 Å². The summed E-state index contributed by atoms with van der Waals surface area (Å²) in [6, 6.07) is 0.226. The minimum Gasteiger partial charge on any atom is -0.347 e. The Morgan fingerprint density at radius 2 is 1.90 bits per heavy atom. The molecule has 0 spiro atoms. The van der Waals surface area contributed by atoms with Gasteiger partial charge in [-0.3, -0.25) is 9.59 Å². The Morgan fingerprint density at radius 1 is 1.20 bits per heavy atom. The van der Waals surface area contributed by atoms with Gasteiger partial charge in [-0.2, -0.15) is 0 Å². The molecular weight excluding hydrogens is 254 g/mol. The summed E-state index contributed by atoms with van der Waals surface area (Å²) in [5.74, 6) is 0.403. The molecule has 3 atom stereocenters. The van der Waals surface area contributed by atoms with E-state index in [1.807, 2.05) is 4.90 Å². The van der Waals surface area contributed by atoms with E-state index in [0.717, 1.165) is 45.2 Å². The van der Waals surface area contributed by atoms with E-state index in [1.54, 1.807) is 0 Å². The van der Waals surface area contributed by atoms with Crippen LogP contribution in [0.15, 0.2) is 0 Å². The zero-order valence-electron chi connectivity index (χ0n) is 12.4. The summed E-state index contributed by atoms with van der Waals surface area (Å²) in [6.45, 7) is 3.90. The van der Waals surface area contributed by atoms with Crippen LogP contribution in [0.5, 0.6) is 0 Å². The van der Waals surface area contributed by atoms with Gasteiger partial charge < -0.3 is 16.0 Å². The number of nitrogens with two attached hydrogens (primary N) is 1. The number of nitrogens with zero attached hydrogens (tertiary/aromatic N) is 1. The van der Waals surface area contributed by atoms with E-state index in [-0.39, 0.29) is 30.3 Å². The fraction of sp³-hybridized carbons (Fsp3) is 0.867. The van der Waals surface area contributed by atoms with Crippen molar-refractivity contribution < 1.29 is 9.59 Å². The number of amides is 2. The molecule has 2 fully saturated rings. The second-order valence-corrected chi connectivity index (χ2v) is 6.32. The molecular formula is C15H27N3O2. The van der Waals surface area contributed by atoms with Gasteiger partial charge in [-0.1, -0.05) is 6.92 Å². The van der Waals surface area contributed by atoms with Crippen molar-refractivity contribution in [3.63, 3.8) is 0 Å². The molecule has 3 unspecified atom stereocenters. The lowest BCUT2D eigenvalue weighted by Gasteiger charge is -2.32. The summed E-state index contributed by atoms with van der Waals surface area (Å²) in [5.41, 5.74) is 5.91. The highest BCUT2D eigenvalue weighted by Crippen LogP contribution is 2.29. The highest BCUT2D eigenvalue weighted by Gasteiger charge is 2.31. The molecule has 0 aromatic heterocycles. The van der Waals surface area contributed by atoms with Crippen LogP contribution in [0.3, 0.4) is 0 Å². The zero-order valence-corrected chi connectivity index (χ0v) is 12.4. The molecule has 20 heavy (non-hydrogen) atoms. The number of nitrogens with one attached hydrogen (secondary N) is 1. The second-order valence-electron chi connectivity index (χ2n) is 6.32. The van der Waals surface area contributed by atoms with Crippen LogP contribution >= 0.6 is 0 Å². The maximum absolute atomic E-state index is 12.2. The van der Waals surface area contributed by atoms with Gasteiger partial charge in [0, 0.05) is 25.0 Å². The summed E-state index contributed by atoms with van der Waals surface area (Å²) < 4.78 is 0. The van der Waals surface area contributed by atoms with Crippen LogP contribution in [0.1, 0.15) is 45.4 Å². The molecule has 0 radical (unpaired) electrons. The lowest BCUT2D eigenvalue weighted by Crippen LogP contribution is -2.46. The van der Waals surface area contributed by atoms with Crippen molar-refractivity contribution in [2.24, 2.45) is 17.6 Å². The Morgan fingerprint density at radius 3 is 2.55 bits per heavy atom. The van der Waals surface area contributed by atoms with E-state index in [4.69, 9.17) is 5.73 Å². The number of carbonyl (C=O) groups excluding carboxylic acids is 2. The minimum absolute atomic E-state index is 0.0176. The molecule has 1 saturated carbocycles. The largest absolute Gasteiger partial charge is 0.347 e. The maximum atomic E-state index is 12.2. The molecule has 1 saturated heterocycles. The van der Waals surface area contributed by atoms with Crippen LogP contribution in [0.2, 0.25) is 0 Å². The Balaban J connectivity index is 1.75. The third kappa shape index (κ3) is 3.95. The molecule has 0 aromatic carbocycles. The Kier molecular flexibility index (Phi) is 5.40. The van der Waals surface area contributed by atoms with Crippen molar-refractivity contribution in [1.29, 1.82) is 0 Å². The molecule has 1 aliphatic carbocycles. The number of carbonyl (C=O) groups is 2. The summed E-state index contributed by atoms with van der Waals surface area (Å²) in [4.78, 5) is 26.1. The summed E-state index contributed by atoms with van der Waals surface area (Å²) >= 11 is 0. The normalized spacial score (nSPS) is 30.9. The summed E-state index contributed by atoms with van der Waals surface area (Å²) in [7, 11) is 0. The average molecular weight is 281 g/mol. The first-order valence-electron chi connectivity index (χ1n) is 7.89. The molecule has 5 heteroatoms. The number of rotatable bonds is 3. The smallest absolute Gasteiger partial charge is 0.241 e. The topological polar surface area (TPSA) is 75.4 Å². The molecule has 2 rings (SSSR count). The number of hydrogen-bond acceptors (Lipinski definition) is 3. The van der Waals surface area contributed by atoms with Crippen LogP contribution in [0.4, 0.5) is 0 Å². The van der Waals surface area contributed by atoms with E-state index in [0.29, 0.717) is 5.92 Å². The number of likely N-dealkylation sites (tertiary alicyclic amines) is 1. The first-order chi connectivity index (χ1) is 9.58. The molecule has 3 N–H and O–H groups in total. The molecule has 0 bridgehead atoms. The van der Waals surface area contributed by atoms with Crippen LogP contribution in [-0.4, -0.2) is 42.4 Å². The van der Waals surface area contributed by atoms with Crippen molar-refractivity contribution in [2.75, 3.05) is 19.6 Å². The van der Waals surface area contributed by atoms with Crippen LogP contribution < -0.4 is 11.1 Å². The summed E-state index contributed by atoms with van der Waals surface area (Å²) in [6.07, 6.45) is 6.01. The third-order valence-corrected chi connectivity index (χ3v) is 4.67. The minimum atomic E-state index is 0.0176. The molecule has 1 aliphatic heterocycles. The van der Waals surface area contributed by atoms with Gasteiger partial charge in [-0.15, -0.1) is 0 Å². The van der Waals surface area contributed by atoms with Gasteiger partial charge in [-0.05, 0) is 44.4 Å². The Bertz CT molecular complexity index is 353. The predicted molar refractivity (Wildman–Crippen MR) is 77.9 cm³/mol. The molecule has 0 aromatic rings. The third-order valence-electron chi connectivity index (χ3n) is 4.67. The molecule has 1 heterocycles. The first-order valence-corrected chi connectivity index (χ1v) is 7.89. The van der Waals surface area contributed by atoms with Gasteiger partial charge in [0.1, 0.15) is 0 Å². The van der Waals surface area contributed by atoms with E-state index in [9.17, 15) is 9.59 Å². The van der Waals surface area contributed by atoms with Crippen molar-refractivity contribution in [3.05, 3.63) is 0 Å². The lowest BCUT2D eigenvalue weighted by atomic mass is 9.78. The highest BCUT2D eigenvalue weighted by atomic mass is 16.2. The highest BCUT2D eigenvalue weighted by molar-refractivity contribution is 5.86. The van der Waals surface area contributed by atoms with Crippen molar-refractivity contribution >= 4 is 11.8 Å². The van der Waals surface area contributed by atoms with Crippen LogP contribution in [0, 0.1) is 11.8 Å². The zero-order chi connectivity index (χ0) is 14.5. The quantitative estimate of drug-likeness (QED) is 0.806. The van der Waals surface area contributed by atoms with Gasteiger partial charge >= 0.3 is 0 Å². The van der Waals surface area contributed by atoms with Crippen molar-refractivity contribution in [1.82, 2.24) is 10.2 Å². The second kappa shape index (κ2) is 7.07. The van der Waals surface area contributed by atoms with Crippen molar-refractivity contribution in [3.8, 4) is 0 Å². The molecule has 2 amide bonds. The van der Waals surface area contributed by atoms with E-state index >= 15 is 0 Å². The van der Waals surface area contributed by atoms with Gasteiger partial charge in [0.25, 0.3) is 0 Å². The molecule has 114 valence electrons. The van der Waals surface area contributed by atoms with Crippen LogP contribution in [-0.2, 0) is 9.59 Å². The van der Waals surface area contributed by atoms with Gasteiger partial charge in [0.2, 0.25) is 11.8 Å². The van der Waals surface area contributed by atoms with Gasteiger partial charge in [0.15, 0.2) is 0 Å². The van der Waals surface area contributed by atoms with Gasteiger partial charge in [-0.25, -0.2) is 0 Å². The van der Waals surface area contributed by atoms with Crippen molar-refractivity contribution in [2.45, 2.75) is 51.5 Å². The standard InChI is InChI=1S/C15H27N3O2/c1-11-9-12(16)5-6-13(11)15(20)17-10-14(19)18-7-3-2-4-8-18/h11-13H,2-10,16H2,1H3,(H,17,20). The SMILES string of the molecule is CC1CC(N)CCC1C(=O)NCC(=O)N1CCCCC1.